The Morgan fingerprint density at radius 3 is 3.05 bits per heavy atom. The molecule has 3 rings (SSSR count). The van der Waals surface area contributed by atoms with Gasteiger partial charge in [-0.2, -0.15) is 5.10 Å². The second kappa shape index (κ2) is 5.50. The van der Waals surface area contributed by atoms with Crippen molar-refractivity contribution in [3.63, 3.8) is 0 Å². The van der Waals surface area contributed by atoms with Gasteiger partial charge >= 0.3 is 0 Å². The van der Waals surface area contributed by atoms with Crippen LogP contribution in [0.2, 0.25) is 5.02 Å². The summed E-state index contributed by atoms with van der Waals surface area (Å²) in [7, 11) is 3.49. The van der Waals surface area contributed by atoms with Crippen molar-refractivity contribution in [2.75, 3.05) is 18.6 Å². The van der Waals surface area contributed by atoms with E-state index < -0.39 is 0 Å². The van der Waals surface area contributed by atoms with E-state index in [0.717, 1.165) is 22.5 Å². The van der Waals surface area contributed by atoms with Crippen LogP contribution < -0.4 is 4.90 Å². The number of anilines is 1. The highest BCUT2D eigenvalue weighted by molar-refractivity contribution is 6.31. The van der Waals surface area contributed by atoms with Crippen LogP contribution >= 0.6 is 11.6 Å². The molecule has 0 saturated heterocycles. The van der Waals surface area contributed by atoms with Gasteiger partial charge in [-0.15, -0.1) is 0 Å². The molecule has 0 saturated carbocycles. The summed E-state index contributed by atoms with van der Waals surface area (Å²) in [5.41, 5.74) is 3.85. The van der Waals surface area contributed by atoms with E-state index in [1.165, 1.54) is 0 Å². The number of nitrogens with zero attached hydrogens (tertiary/aromatic N) is 3. The van der Waals surface area contributed by atoms with Crippen LogP contribution in [0.25, 0.3) is 11.3 Å². The smallest absolute Gasteiger partial charge is 0.229 e. The van der Waals surface area contributed by atoms with Crippen molar-refractivity contribution in [2.24, 2.45) is 7.05 Å². The van der Waals surface area contributed by atoms with Gasteiger partial charge in [0, 0.05) is 30.3 Å². The van der Waals surface area contributed by atoms with Gasteiger partial charge in [-0.1, -0.05) is 11.6 Å². The second-order valence-electron chi connectivity index (χ2n) is 5.03. The zero-order valence-electron chi connectivity index (χ0n) is 12.0. The van der Waals surface area contributed by atoms with Crippen LogP contribution in [-0.4, -0.2) is 29.4 Å². The van der Waals surface area contributed by atoms with E-state index in [1.54, 1.807) is 24.3 Å². The SMILES string of the molecule is COCCC(=O)N1Cc2cnn(C)c2-c2cc(Cl)ccc21. The van der Waals surface area contributed by atoms with Crippen molar-refractivity contribution >= 4 is 23.2 Å². The van der Waals surface area contributed by atoms with Crippen molar-refractivity contribution in [1.29, 1.82) is 0 Å². The number of fused-ring (bicyclic) bond motifs is 3. The maximum absolute atomic E-state index is 12.4. The lowest BCUT2D eigenvalue weighted by Gasteiger charge is -2.30. The van der Waals surface area contributed by atoms with Crippen molar-refractivity contribution in [3.05, 3.63) is 35.0 Å². The minimum absolute atomic E-state index is 0.0370. The van der Waals surface area contributed by atoms with Gasteiger partial charge in [0.1, 0.15) is 0 Å². The molecular formula is C15H16ClN3O2. The first-order valence-electron chi connectivity index (χ1n) is 6.72. The number of ether oxygens (including phenoxy) is 1. The summed E-state index contributed by atoms with van der Waals surface area (Å²) >= 11 is 6.12. The molecule has 21 heavy (non-hydrogen) atoms. The van der Waals surface area contributed by atoms with Crippen molar-refractivity contribution in [2.45, 2.75) is 13.0 Å². The maximum atomic E-state index is 12.4. The molecular weight excluding hydrogens is 290 g/mol. The average molecular weight is 306 g/mol. The number of hydrogen-bond donors (Lipinski definition) is 0. The number of halogens is 1. The van der Waals surface area contributed by atoms with E-state index in [4.69, 9.17) is 16.3 Å². The number of aryl methyl sites for hydroxylation is 1. The van der Waals surface area contributed by atoms with Gasteiger partial charge in [0.2, 0.25) is 5.91 Å². The molecule has 5 nitrogen and oxygen atoms in total. The van der Waals surface area contributed by atoms with E-state index in [2.05, 4.69) is 5.10 Å². The third kappa shape index (κ3) is 2.43. The fraction of sp³-hybridized carbons (Fsp3) is 0.333. The third-order valence-electron chi connectivity index (χ3n) is 3.67. The summed E-state index contributed by atoms with van der Waals surface area (Å²) in [4.78, 5) is 14.2. The van der Waals surface area contributed by atoms with Crippen LogP contribution in [0.5, 0.6) is 0 Å². The molecule has 0 fully saturated rings. The third-order valence-corrected chi connectivity index (χ3v) is 3.90. The summed E-state index contributed by atoms with van der Waals surface area (Å²) < 4.78 is 6.82. The Kier molecular flexibility index (Phi) is 3.69. The molecule has 0 aliphatic carbocycles. The zero-order chi connectivity index (χ0) is 15.0. The Balaban J connectivity index is 2.07. The summed E-state index contributed by atoms with van der Waals surface area (Å²) in [5.74, 6) is 0.0370. The number of carbonyl (C=O) groups excluding carboxylic acids is 1. The lowest BCUT2D eigenvalue weighted by molar-refractivity contribution is -0.119. The van der Waals surface area contributed by atoms with Crippen LogP contribution in [-0.2, 0) is 23.1 Å². The van der Waals surface area contributed by atoms with Gasteiger partial charge in [-0.05, 0) is 18.2 Å². The summed E-state index contributed by atoms with van der Waals surface area (Å²) in [6.45, 7) is 0.943. The fourth-order valence-corrected chi connectivity index (χ4v) is 2.85. The molecule has 1 amide bonds. The molecule has 1 aliphatic rings. The molecule has 0 spiro atoms. The van der Waals surface area contributed by atoms with Crippen LogP contribution in [0.3, 0.4) is 0 Å². The molecule has 0 radical (unpaired) electrons. The quantitative estimate of drug-likeness (QED) is 0.876. The van der Waals surface area contributed by atoms with Crippen LogP contribution in [0, 0.1) is 0 Å². The zero-order valence-corrected chi connectivity index (χ0v) is 12.7. The minimum atomic E-state index is 0.0370. The van der Waals surface area contributed by atoms with E-state index >= 15 is 0 Å². The Labute approximate surface area is 128 Å². The summed E-state index contributed by atoms with van der Waals surface area (Å²) in [6.07, 6.45) is 2.16. The molecule has 2 aromatic rings. The first-order chi connectivity index (χ1) is 10.1. The number of methoxy groups -OCH3 is 1. The van der Waals surface area contributed by atoms with Gasteiger partial charge < -0.3 is 9.64 Å². The van der Waals surface area contributed by atoms with Crippen LogP contribution in [0.15, 0.2) is 24.4 Å². The Hall–Kier alpha value is -1.85. The second-order valence-corrected chi connectivity index (χ2v) is 5.46. The van der Waals surface area contributed by atoms with Gasteiger partial charge in [0.15, 0.2) is 0 Å². The van der Waals surface area contributed by atoms with Crippen molar-refractivity contribution in [1.82, 2.24) is 9.78 Å². The molecule has 0 bridgehead atoms. The van der Waals surface area contributed by atoms with Crippen LogP contribution in [0.4, 0.5) is 5.69 Å². The fourth-order valence-electron chi connectivity index (χ4n) is 2.68. The monoisotopic (exact) mass is 305 g/mol. The predicted molar refractivity (Wildman–Crippen MR) is 81.3 cm³/mol. The number of carbonyl (C=O) groups is 1. The first-order valence-corrected chi connectivity index (χ1v) is 7.09. The molecule has 0 unspecified atom stereocenters. The van der Waals surface area contributed by atoms with Crippen LogP contribution in [0.1, 0.15) is 12.0 Å². The van der Waals surface area contributed by atoms with E-state index in [0.29, 0.717) is 24.6 Å². The molecule has 6 heteroatoms. The van der Waals surface area contributed by atoms with E-state index in [1.807, 2.05) is 23.9 Å². The number of hydrogen-bond acceptors (Lipinski definition) is 3. The average Bonchev–Trinajstić information content (AvgIpc) is 2.85. The van der Waals surface area contributed by atoms with E-state index in [-0.39, 0.29) is 5.91 Å². The number of rotatable bonds is 3. The number of amides is 1. The molecule has 1 aliphatic heterocycles. The van der Waals surface area contributed by atoms with Gasteiger partial charge in [-0.25, -0.2) is 0 Å². The van der Waals surface area contributed by atoms with Crippen molar-refractivity contribution < 1.29 is 9.53 Å². The molecule has 0 N–H and O–H groups in total. The van der Waals surface area contributed by atoms with E-state index in [9.17, 15) is 4.79 Å². The molecule has 1 aromatic heterocycles. The highest BCUT2D eigenvalue weighted by Gasteiger charge is 2.28. The number of aromatic nitrogens is 2. The maximum Gasteiger partial charge on any atom is 0.229 e. The molecule has 0 atom stereocenters. The normalized spacial score (nSPS) is 13.0. The Bertz CT molecular complexity index is 696. The van der Waals surface area contributed by atoms with Gasteiger partial charge in [-0.3, -0.25) is 9.48 Å². The van der Waals surface area contributed by atoms with Crippen molar-refractivity contribution in [3.8, 4) is 11.3 Å². The highest BCUT2D eigenvalue weighted by atomic mass is 35.5. The highest BCUT2D eigenvalue weighted by Crippen LogP contribution is 2.40. The van der Waals surface area contributed by atoms with Gasteiger partial charge in [0.05, 0.1) is 37.2 Å². The van der Waals surface area contributed by atoms with Gasteiger partial charge in [0.25, 0.3) is 0 Å². The lowest BCUT2D eigenvalue weighted by atomic mass is 9.99. The molecule has 2 heterocycles. The largest absolute Gasteiger partial charge is 0.384 e. The molecule has 110 valence electrons. The summed E-state index contributed by atoms with van der Waals surface area (Å²) in [6, 6.07) is 5.57. The topological polar surface area (TPSA) is 47.4 Å². The lowest BCUT2D eigenvalue weighted by Crippen LogP contribution is -2.33. The minimum Gasteiger partial charge on any atom is -0.384 e. The molecule has 1 aromatic carbocycles. The standard InChI is InChI=1S/C15H16ClN3O2/c1-18-15-10(8-17-18)9-19(14(20)5-6-21-2)13-4-3-11(16)7-12(13)15/h3-4,7-8H,5-6,9H2,1-2H3. The Morgan fingerprint density at radius 1 is 1.48 bits per heavy atom. The number of benzene rings is 1. The summed E-state index contributed by atoms with van der Waals surface area (Å²) in [5, 5.41) is 4.94. The Morgan fingerprint density at radius 2 is 2.29 bits per heavy atom. The predicted octanol–water partition coefficient (Wildman–Crippen LogP) is 2.62. The first kappa shape index (κ1) is 14.1.